The average molecular weight is 260 g/mol. The number of benzene rings is 1. The Kier molecular flexibility index (Phi) is 4.64. The van der Waals surface area contributed by atoms with Gasteiger partial charge < -0.3 is 5.32 Å². The third-order valence-electron chi connectivity index (χ3n) is 4.47. The molecule has 19 heavy (non-hydrogen) atoms. The highest BCUT2D eigenvalue weighted by molar-refractivity contribution is 5.16. The van der Waals surface area contributed by atoms with Crippen LogP contribution in [0.2, 0.25) is 0 Å². The lowest BCUT2D eigenvalue weighted by Gasteiger charge is -2.49. The molecule has 1 aromatic rings. The van der Waals surface area contributed by atoms with Crippen LogP contribution in [0.1, 0.15) is 39.7 Å². The van der Waals surface area contributed by atoms with Crippen LogP contribution in [0.4, 0.5) is 0 Å². The summed E-state index contributed by atoms with van der Waals surface area (Å²) in [4.78, 5) is 2.68. The second kappa shape index (κ2) is 6.06. The van der Waals surface area contributed by atoms with Gasteiger partial charge in [-0.1, -0.05) is 37.3 Å². The van der Waals surface area contributed by atoms with Crippen molar-refractivity contribution in [2.24, 2.45) is 0 Å². The molecule has 2 nitrogen and oxygen atoms in total. The molecule has 1 aliphatic rings. The first-order valence-corrected chi connectivity index (χ1v) is 7.57. The molecule has 0 spiro atoms. The van der Waals surface area contributed by atoms with E-state index in [1.54, 1.807) is 0 Å². The van der Waals surface area contributed by atoms with Crippen LogP contribution in [0.25, 0.3) is 0 Å². The number of nitrogens with one attached hydrogen (secondary N) is 1. The highest BCUT2D eigenvalue weighted by Gasteiger charge is 2.35. The van der Waals surface area contributed by atoms with E-state index in [4.69, 9.17) is 0 Å². The third kappa shape index (κ3) is 3.58. The van der Waals surface area contributed by atoms with Crippen molar-refractivity contribution in [1.82, 2.24) is 10.2 Å². The van der Waals surface area contributed by atoms with Gasteiger partial charge in [-0.3, -0.25) is 4.90 Å². The van der Waals surface area contributed by atoms with Crippen LogP contribution in [0.5, 0.6) is 0 Å². The predicted molar refractivity (Wildman–Crippen MR) is 82.5 cm³/mol. The second-order valence-electron chi connectivity index (χ2n) is 6.49. The van der Waals surface area contributed by atoms with Crippen LogP contribution < -0.4 is 5.32 Å². The lowest BCUT2D eigenvalue weighted by molar-refractivity contribution is 0.0299. The van der Waals surface area contributed by atoms with Crippen LogP contribution in [0, 0.1) is 0 Å². The summed E-state index contributed by atoms with van der Waals surface area (Å²) in [5, 5.41) is 3.73. The van der Waals surface area contributed by atoms with Crippen molar-refractivity contribution in [3.63, 3.8) is 0 Å². The molecule has 0 aromatic heterocycles. The predicted octanol–water partition coefficient (Wildman–Crippen LogP) is 3.08. The van der Waals surface area contributed by atoms with Crippen molar-refractivity contribution in [3.8, 4) is 0 Å². The van der Waals surface area contributed by atoms with E-state index >= 15 is 0 Å². The van der Waals surface area contributed by atoms with Crippen molar-refractivity contribution >= 4 is 0 Å². The quantitative estimate of drug-likeness (QED) is 0.895. The zero-order valence-corrected chi connectivity index (χ0v) is 12.8. The van der Waals surface area contributed by atoms with Crippen LogP contribution in [0.15, 0.2) is 30.3 Å². The van der Waals surface area contributed by atoms with Gasteiger partial charge in [-0.15, -0.1) is 0 Å². The first kappa shape index (κ1) is 14.5. The number of nitrogens with zero attached hydrogens (tertiary/aromatic N) is 1. The van der Waals surface area contributed by atoms with Crippen LogP contribution >= 0.6 is 0 Å². The molecule has 1 saturated heterocycles. The minimum atomic E-state index is 0.266. The van der Waals surface area contributed by atoms with Gasteiger partial charge in [-0.05, 0) is 39.2 Å². The molecule has 0 saturated carbocycles. The van der Waals surface area contributed by atoms with Gasteiger partial charge in [-0.2, -0.15) is 0 Å². The number of piperazine rings is 1. The Balaban J connectivity index is 2.02. The van der Waals surface area contributed by atoms with Gasteiger partial charge in [0.2, 0.25) is 0 Å². The summed E-state index contributed by atoms with van der Waals surface area (Å²) in [6.45, 7) is 11.6. The SMILES string of the molecule is CCC(C)N1CC(Cc2ccccc2)NCC1(C)C. The van der Waals surface area contributed by atoms with Crippen molar-refractivity contribution in [3.05, 3.63) is 35.9 Å². The Morgan fingerprint density at radius 3 is 2.63 bits per heavy atom. The van der Waals surface area contributed by atoms with Crippen molar-refractivity contribution in [2.75, 3.05) is 13.1 Å². The Morgan fingerprint density at radius 1 is 1.32 bits per heavy atom. The zero-order valence-electron chi connectivity index (χ0n) is 12.8. The molecule has 2 heteroatoms. The highest BCUT2D eigenvalue weighted by Crippen LogP contribution is 2.23. The highest BCUT2D eigenvalue weighted by atomic mass is 15.3. The lowest BCUT2D eigenvalue weighted by Crippen LogP contribution is -2.64. The molecule has 1 fully saturated rings. The molecule has 1 heterocycles. The summed E-state index contributed by atoms with van der Waals surface area (Å²) >= 11 is 0. The molecule has 0 aliphatic carbocycles. The largest absolute Gasteiger partial charge is 0.311 e. The monoisotopic (exact) mass is 260 g/mol. The van der Waals surface area contributed by atoms with E-state index in [9.17, 15) is 0 Å². The summed E-state index contributed by atoms with van der Waals surface area (Å²) in [5.74, 6) is 0. The molecule has 2 unspecified atom stereocenters. The van der Waals surface area contributed by atoms with Crippen molar-refractivity contribution < 1.29 is 0 Å². The molecule has 2 rings (SSSR count). The Bertz CT molecular complexity index is 386. The van der Waals surface area contributed by atoms with Gasteiger partial charge in [0.05, 0.1) is 0 Å². The number of rotatable bonds is 4. The van der Waals surface area contributed by atoms with Gasteiger partial charge >= 0.3 is 0 Å². The fraction of sp³-hybridized carbons (Fsp3) is 0.647. The maximum atomic E-state index is 3.73. The van der Waals surface area contributed by atoms with E-state index in [1.807, 2.05) is 0 Å². The van der Waals surface area contributed by atoms with Crippen LogP contribution in [-0.2, 0) is 6.42 Å². The second-order valence-corrected chi connectivity index (χ2v) is 6.49. The summed E-state index contributed by atoms with van der Waals surface area (Å²) < 4.78 is 0. The van der Waals surface area contributed by atoms with E-state index < -0.39 is 0 Å². The number of hydrogen-bond donors (Lipinski definition) is 1. The molecule has 1 aliphatic heterocycles. The van der Waals surface area contributed by atoms with E-state index in [0.717, 1.165) is 19.5 Å². The minimum absolute atomic E-state index is 0.266. The fourth-order valence-electron chi connectivity index (χ4n) is 3.08. The maximum absolute atomic E-state index is 3.73. The topological polar surface area (TPSA) is 15.3 Å². The summed E-state index contributed by atoms with van der Waals surface area (Å²) in [6.07, 6.45) is 2.35. The summed E-state index contributed by atoms with van der Waals surface area (Å²) in [6, 6.07) is 12.1. The van der Waals surface area contributed by atoms with Crippen molar-refractivity contribution in [1.29, 1.82) is 0 Å². The van der Waals surface area contributed by atoms with Crippen LogP contribution in [0.3, 0.4) is 0 Å². The molecule has 1 N–H and O–H groups in total. The third-order valence-corrected chi connectivity index (χ3v) is 4.47. The van der Waals surface area contributed by atoms with Crippen molar-refractivity contribution in [2.45, 2.75) is 58.2 Å². The average Bonchev–Trinajstić information content (AvgIpc) is 2.41. The Hall–Kier alpha value is -0.860. The van der Waals surface area contributed by atoms with E-state index in [1.165, 1.54) is 12.0 Å². The van der Waals surface area contributed by atoms with Gasteiger partial charge in [-0.25, -0.2) is 0 Å². The molecule has 1 aromatic carbocycles. The van der Waals surface area contributed by atoms with Crippen LogP contribution in [-0.4, -0.2) is 35.6 Å². The first-order chi connectivity index (χ1) is 9.03. The molecule has 0 radical (unpaired) electrons. The zero-order chi connectivity index (χ0) is 13.9. The van der Waals surface area contributed by atoms with Gasteiger partial charge in [0.1, 0.15) is 0 Å². The standard InChI is InChI=1S/C17H28N2/c1-5-14(2)19-12-16(18-13-17(19,3)4)11-15-9-7-6-8-10-15/h6-10,14,16,18H,5,11-13H2,1-4H3. The lowest BCUT2D eigenvalue weighted by atomic mass is 9.92. The molecule has 2 atom stereocenters. The van der Waals surface area contributed by atoms with E-state index in [-0.39, 0.29) is 5.54 Å². The maximum Gasteiger partial charge on any atom is 0.0281 e. The minimum Gasteiger partial charge on any atom is -0.311 e. The fourth-order valence-corrected chi connectivity index (χ4v) is 3.08. The molecular weight excluding hydrogens is 232 g/mol. The van der Waals surface area contributed by atoms with Gasteiger partial charge in [0.25, 0.3) is 0 Å². The molecule has 0 amide bonds. The molecule has 106 valence electrons. The summed E-state index contributed by atoms with van der Waals surface area (Å²) in [7, 11) is 0. The summed E-state index contributed by atoms with van der Waals surface area (Å²) in [5.41, 5.74) is 1.70. The van der Waals surface area contributed by atoms with E-state index in [0.29, 0.717) is 12.1 Å². The smallest absolute Gasteiger partial charge is 0.0281 e. The van der Waals surface area contributed by atoms with E-state index in [2.05, 4.69) is 68.2 Å². The molecular formula is C17H28N2. The first-order valence-electron chi connectivity index (χ1n) is 7.57. The van der Waals surface area contributed by atoms with Gasteiger partial charge in [0.15, 0.2) is 0 Å². The van der Waals surface area contributed by atoms with Gasteiger partial charge in [0, 0.05) is 30.7 Å². The number of hydrogen-bond acceptors (Lipinski definition) is 2. The molecule has 0 bridgehead atoms. The Morgan fingerprint density at radius 2 is 2.00 bits per heavy atom. The Labute approximate surface area is 118 Å². The normalized spacial score (nSPS) is 25.2.